The summed E-state index contributed by atoms with van der Waals surface area (Å²) in [6.45, 7) is 2.30. The lowest BCUT2D eigenvalue weighted by Crippen LogP contribution is -2.22. The van der Waals surface area contributed by atoms with Gasteiger partial charge in [-0.2, -0.15) is 0 Å². The zero-order valence-electron chi connectivity index (χ0n) is 8.40. The summed E-state index contributed by atoms with van der Waals surface area (Å²) in [5, 5.41) is 1.45. The lowest BCUT2D eigenvalue weighted by atomic mass is 9.89. The Balaban J connectivity index is 1.86. The van der Waals surface area contributed by atoms with E-state index in [4.69, 9.17) is 10.5 Å². The lowest BCUT2D eigenvalue weighted by molar-refractivity contribution is 0.135. The maximum Gasteiger partial charge on any atom is 0.275 e. The fourth-order valence-corrected chi connectivity index (χ4v) is 2.41. The fourth-order valence-electron chi connectivity index (χ4n) is 1.81. The molecule has 78 valence electrons. The molecule has 0 aromatic carbocycles. The minimum Gasteiger partial charge on any atom is -0.467 e. The van der Waals surface area contributed by atoms with Crippen LogP contribution in [0.2, 0.25) is 0 Å². The molecule has 0 bridgehead atoms. The lowest BCUT2D eigenvalue weighted by Gasteiger charge is -2.25. The molecule has 4 heteroatoms. The molecule has 0 unspecified atom stereocenters. The van der Waals surface area contributed by atoms with Gasteiger partial charge in [0.25, 0.3) is 5.19 Å². The molecule has 3 nitrogen and oxygen atoms in total. The van der Waals surface area contributed by atoms with Crippen molar-refractivity contribution in [2.45, 2.75) is 38.7 Å². The normalized spacial score (nSPS) is 27.5. The Morgan fingerprint density at radius 1 is 1.43 bits per heavy atom. The summed E-state index contributed by atoms with van der Waals surface area (Å²) in [6, 6.07) is 0. The first-order valence-corrected chi connectivity index (χ1v) is 5.93. The van der Waals surface area contributed by atoms with Gasteiger partial charge in [-0.1, -0.05) is 18.3 Å². The van der Waals surface area contributed by atoms with Crippen LogP contribution in [0.25, 0.3) is 0 Å². The molecule has 1 aromatic rings. The predicted octanol–water partition coefficient (Wildman–Crippen LogP) is 2.68. The van der Waals surface area contributed by atoms with Gasteiger partial charge in [0.05, 0.1) is 6.20 Å². The summed E-state index contributed by atoms with van der Waals surface area (Å²) in [6.07, 6.45) is 6.86. The van der Waals surface area contributed by atoms with Crippen molar-refractivity contribution in [1.29, 1.82) is 0 Å². The topological polar surface area (TPSA) is 48.1 Å². The predicted molar refractivity (Wildman–Crippen MR) is 58.6 cm³/mol. The molecule has 2 N–H and O–H groups in total. The van der Waals surface area contributed by atoms with Crippen LogP contribution in [0, 0.1) is 5.92 Å². The fraction of sp³-hybridized carbons (Fsp3) is 0.700. The molecule has 0 spiro atoms. The number of ether oxygens (including phenoxy) is 1. The van der Waals surface area contributed by atoms with Crippen molar-refractivity contribution in [3.63, 3.8) is 0 Å². The van der Waals surface area contributed by atoms with Gasteiger partial charge in [0.1, 0.15) is 11.1 Å². The number of thiazole rings is 1. The standard InChI is InChI=1S/C10H16N2OS/c1-7-2-4-8(5-3-7)13-10-12-6-9(11)14-10/h6-8H,2-5,11H2,1H3. The first-order chi connectivity index (χ1) is 6.74. The Hall–Kier alpha value is -0.770. The summed E-state index contributed by atoms with van der Waals surface area (Å²) in [4.78, 5) is 4.10. The van der Waals surface area contributed by atoms with Gasteiger partial charge in [0.15, 0.2) is 0 Å². The average molecular weight is 212 g/mol. The molecule has 1 aliphatic rings. The number of nitrogen functional groups attached to an aromatic ring is 1. The zero-order valence-corrected chi connectivity index (χ0v) is 9.22. The largest absolute Gasteiger partial charge is 0.467 e. The number of nitrogens with zero attached hydrogens (tertiary/aromatic N) is 1. The molecule has 1 saturated carbocycles. The third kappa shape index (κ3) is 2.38. The second-order valence-electron chi connectivity index (χ2n) is 4.03. The first kappa shape index (κ1) is 9.77. The minimum absolute atomic E-state index is 0.358. The van der Waals surface area contributed by atoms with Gasteiger partial charge in [-0.05, 0) is 31.6 Å². The molecule has 0 amide bonds. The van der Waals surface area contributed by atoms with Crippen molar-refractivity contribution in [3.05, 3.63) is 6.20 Å². The van der Waals surface area contributed by atoms with E-state index in [0.717, 1.165) is 29.0 Å². The van der Waals surface area contributed by atoms with Crippen LogP contribution in [0.15, 0.2) is 6.20 Å². The van der Waals surface area contributed by atoms with Crippen LogP contribution in [0.3, 0.4) is 0 Å². The number of hydrogen-bond donors (Lipinski definition) is 1. The molecule has 1 aromatic heterocycles. The molecular formula is C10H16N2OS. The van der Waals surface area contributed by atoms with Crippen molar-refractivity contribution < 1.29 is 4.74 Å². The maximum absolute atomic E-state index is 5.75. The van der Waals surface area contributed by atoms with Gasteiger partial charge >= 0.3 is 0 Å². The van der Waals surface area contributed by atoms with E-state index in [0.29, 0.717) is 6.10 Å². The highest BCUT2D eigenvalue weighted by Gasteiger charge is 2.20. The minimum atomic E-state index is 0.358. The van der Waals surface area contributed by atoms with Crippen LogP contribution in [0.5, 0.6) is 5.19 Å². The van der Waals surface area contributed by atoms with E-state index in [1.807, 2.05) is 0 Å². The molecule has 0 aliphatic heterocycles. The number of rotatable bonds is 2. The van der Waals surface area contributed by atoms with Crippen LogP contribution < -0.4 is 10.5 Å². The third-order valence-electron chi connectivity index (χ3n) is 2.73. The van der Waals surface area contributed by atoms with Crippen molar-refractivity contribution in [3.8, 4) is 5.19 Å². The van der Waals surface area contributed by atoms with Gasteiger partial charge in [-0.25, -0.2) is 4.98 Å². The molecule has 0 atom stereocenters. The summed E-state index contributed by atoms with van der Waals surface area (Å²) in [5.41, 5.74) is 5.58. The van der Waals surface area contributed by atoms with Crippen LogP contribution in [0.1, 0.15) is 32.6 Å². The van der Waals surface area contributed by atoms with E-state index in [9.17, 15) is 0 Å². The molecule has 1 fully saturated rings. The third-order valence-corrected chi connectivity index (χ3v) is 3.45. The van der Waals surface area contributed by atoms with E-state index in [1.54, 1.807) is 6.20 Å². The van der Waals surface area contributed by atoms with Crippen LogP contribution >= 0.6 is 11.3 Å². The van der Waals surface area contributed by atoms with Gasteiger partial charge in [0.2, 0.25) is 0 Å². The highest BCUT2D eigenvalue weighted by Crippen LogP contribution is 2.29. The molecule has 0 radical (unpaired) electrons. The van der Waals surface area contributed by atoms with Gasteiger partial charge in [0, 0.05) is 0 Å². The average Bonchev–Trinajstić information content (AvgIpc) is 2.56. The van der Waals surface area contributed by atoms with Crippen LogP contribution in [-0.2, 0) is 0 Å². The van der Waals surface area contributed by atoms with E-state index >= 15 is 0 Å². The van der Waals surface area contributed by atoms with Gasteiger partial charge in [-0.3, -0.25) is 0 Å². The first-order valence-electron chi connectivity index (χ1n) is 5.12. The SMILES string of the molecule is CC1CCC(Oc2ncc(N)s2)CC1. The molecule has 2 rings (SSSR count). The Morgan fingerprint density at radius 2 is 2.14 bits per heavy atom. The highest BCUT2D eigenvalue weighted by molar-refractivity contribution is 7.17. The summed E-state index contributed by atoms with van der Waals surface area (Å²) >= 11 is 1.43. The summed E-state index contributed by atoms with van der Waals surface area (Å²) in [7, 11) is 0. The number of anilines is 1. The number of nitrogens with two attached hydrogens (primary N) is 1. The second kappa shape index (κ2) is 4.17. The van der Waals surface area contributed by atoms with Gasteiger partial charge in [-0.15, -0.1) is 0 Å². The molecule has 14 heavy (non-hydrogen) atoms. The quantitative estimate of drug-likeness (QED) is 0.820. The van der Waals surface area contributed by atoms with Crippen LogP contribution in [0.4, 0.5) is 5.00 Å². The summed E-state index contributed by atoms with van der Waals surface area (Å²) in [5.74, 6) is 0.858. The van der Waals surface area contributed by atoms with Crippen LogP contribution in [-0.4, -0.2) is 11.1 Å². The molecule has 1 heterocycles. The van der Waals surface area contributed by atoms with Crippen molar-refractivity contribution in [1.82, 2.24) is 4.98 Å². The Kier molecular flexibility index (Phi) is 2.91. The van der Waals surface area contributed by atoms with Crippen molar-refractivity contribution in [2.24, 2.45) is 5.92 Å². The number of hydrogen-bond acceptors (Lipinski definition) is 4. The maximum atomic E-state index is 5.75. The summed E-state index contributed by atoms with van der Waals surface area (Å²) < 4.78 is 5.75. The Labute approximate surface area is 88.3 Å². The van der Waals surface area contributed by atoms with E-state index in [1.165, 1.54) is 24.2 Å². The second-order valence-corrected chi connectivity index (χ2v) is 5.05. The Morgan fingerprint density at radius 3 is 2.71 bits per heavy atom. The van der Waals surface area contributed by atoms with Gasteiger partial charge < -0.3 is 10.5 Å². The monoisotopic (exact) mass is 212 g/mol. The Bertz CT molecular complexity index is 292. The number of aromatic nitrogens is 1. The van der Waals surface area contributed by atoms with E-state index in [2.05, 4.69) is 11.9 Å². The van der Waals surface area contributed by atoms with E-state index < -0.39 is 0 Å². The molecular weight excluding hydrogens is 196 g/mol. The molecule has 1 aliphatic carbocycles. The smallest absolute Gasteiger partial charge is 0.275 e. The van der Waals surface area contributed by atoms with E-state index in [-0.39, 0.29) is 0 Å². The zero-order chi connectivity index (χ0) is 9.97. The highest BCUT2D eigenvalue weighted by atomic mass is 32.1. The molecule has 0 saturated heterocycles. The van der Waals surface area contributed by atoms with Crippen molar-refractivity contribution >= 4 is 16.3 Å². The van der Waals surface area contributed by atoms with Crippen molar-refractivity contribution in [2.75, 3.05) is 5.73 Å².